The number of piperidine rings is 1. The fraction of sp³-hybridized carbons (Fsp3) is 0.316. The summed E-state index contributed by atoms with van der Waals surface area (Å²) in [5.41, 5.74) is 2.90. The third-order valence-electron chi connectivity index (χ3n) is 4.32. The molecule has 2 aromatic rings. The molecule has 0 saturated carbocycles. The highest BCUT2D eigenvalue weighted by molar-refractivity contribution is 5.94. The van der Waals surface area contributed by atoms with Gasteiger partial charge in [-0.3, -0.25) is 0 Å². The van der Waals surface area contributed by atoms with Crippen molar-refractivity contribution in [1.82, 2.24) is 4.90 Å². The van der Waals surface area contributed by atoms with Crippen LogP contribution in [0.4, 0.5) is 10.5 Å². The van der Waals surface area contributed by atoms with Crippen LogP contribution in [0.3, 0.4) is 0 Å². The van der Waals surface area contributed by atoms with Crippen molar-refractivity contribution in [2.24, 2.45) is 5.92 Å². The Bertz CT molecular complexity index is 657. The number of nitrogens with one attached hydrogen (secondary N) is 1. The lowest BCUT2D eigenvalue weighted by atomic mass is 9.99. The summed E-state index contributed by atoms with van der Waals surface area (Å²) in [6, 6.07) is 17.8. The molecule has 1 atom stereocenters. The molecule has 1 unspecified atom stereocenters. The number of aliphatic hydroxyl groups is 1. The van der Waals surface area contributed by atoms with E-state index in [1.807, 2.05) is 54.6 Å². The van der Waals surface area contributed by atoms with Gasteiger partial charge in [0, 0.05) is 25.3 Å². The van der Waals surface area contributed by atoms with Crippen LogP contribution >= 0.6 is 0 Å². The Balaban J connectivity index is 1.77. The van der Waals surface area contributed by atoms with Crippen LogP contribution in [-0.4, -0.2) is 35.7 Å². The van der Waals surface area contributed by atoms with E-state index in [0.29, 0.717) is 6.54 Å². The lowest BCUT2D eigenvalue weighted by Gasteiger charge is -2.32. The van der Waals surface area contributed by atoms with Crippen LogP contribution in [0.2, 0.25) is 0 Å². The molecule has 3 rings (SSSR count). The second-order valence-electron chi connectivity index (χ2n) is 5.98. The molecule has 2 amide bonds. The number of anilines is 1. The molecule has 120 valence electrons. The molecule has 2 N–H and O–H groups in total. The van der Waals surface area contributed by atoms with Crippen molar-refractivity contribution in [3.05, 3.63) is 54.6 Å². The van der Waals surface area contributed by atoms with Gasteiger partial charge in [-0.25, -0.2) is 4.79 Å². The summed E-state index contributed by atoms with van der Waals surface area (Å²) >= 11 is 0. The van der Waals surface area contributed by atoms with Crippen LogP contribution in [-0.2, 0) is 0 Å². The van der Waals surface area contributed by atoms with Gasteiger partial charge in [-0.05, 0) is 30.4 Å². The molecule has 2 aromatic carbocycles. The Morgan fingerprint density at radius 1 is 1.13 bits per heavy atom. The largest absolute Gasteiger partial charge is 0.396 e. The summed E-state index contributed by atoms with van der Waals surface area (Å²) < 4.78 is 0. The standard InChI is InChI=1S/C19H22N2O2/c22-14-15-7-6-12-21(13-15)19(23)20-18-11-5-4-10-17(18)16-8-2-1-3-9-16/h1-5,8-11,15,22H,6-7,12-14H2,(H,20,23). The van der Waals surface area contributed by atoms with Crippen LogP contribution < -0.4 is 5.32 Å². The average molecular weight is 310 g/mol. The van der Waals surface area contributed by atoms with E-state index in [-0.39, 0.29) is 18.6 Å². The van der Waals surface area contributed by atoms with Crippen molar-refractivity contribution >= 4 is 11.7 Å². The zero-order valence-electron chi connectivity index (χ0n) is 13.1. The summed E-state index contributed by atoms with van der Waals surface area (Å²) in [6.45, 7) is 1.51. The van der Waals surface area contributed by atoms with Crippen molar-refractivity contribution in [3.8, 4) is 11.1 Å². The highest BCUT2D eigenvalue weighted by atomic mass is 16.3. The Morgan fingerprint density at radius 2 is 1.87 bits per heavy atom. The van der Waals surface area contributed by atoms with Crippen LogP contribution in [0.15, 0.2) is 54.6 Å². The number of para-hydroxylation sites is 1. The Kier molecular flexibility index (Phi) is 4.93. The number of nitrogens with zero attached hydrogens (tertiary/aromatic N) is 1. The number of hydrogen-bond acceptors (Lipinski definition) is 2. The van der Waals surface area contributed by atoms with Gasteiger partial charge in [0.15, 0.2) is 0 Å². The number of aliphatic hydroxyl groups excluding tert-OH is 1. The van der Waals surface area contributed by atoms with E-state index in [4.69, 9.17) is 0 Å². The van der Waals surface area contributed by atoms with Gasteiger partial charge in [-0.2, -0.15) is 0 Å². The third-order valence-corrected chi connectivity index (χ3v) is 4.32. The maximum absolute atomic E-state index is 12.5. The average Bonchev–Trinajstić information content (AvgIpc) is 2.63. The van der Waals surface area contributed by atoms with Crippen molar-refractivity contribution in [3.63, 3.8) is 0 Å². The van der Waals surface area contributed by atoms with Crippen molar-refractivity contribution in [2.75, 3.05) is 25.0 Å². The van der Waals surface area contributed by atoms with Crippen LogP contribution in [0.5, 0.6) is 0 Å². The van der Waals surface area contributed by atoms with Crippen LogP contribution in [0.1, 0.15) is 12.8 Å². The van der Waals surface area contributed by atoms with E-state index in [2.05, 4.69) is 5.32 Å². The zero-order chi connectivity index (χ0) is 16.1. The second-order valence-corrected chi connectivity index (χ2v) is 5.98. The van der Waals surface area contributed by atoms with Gasteiger partial charge in [0.25, 0.3) is 0 Å². The van der Waals surface area contributed by atoms with Crippen molar-refractivity contribution in [1.29, 1.82) is 0 Å². The number of benzene rings is 2. The lowest BCUT2D eigenvalue weighted by molar-refractivity contribution is 0.136. The number of urea groups is 1. The number of carbonyl (C=O) groups is 1. The number of carbonyl (C=O) groups excluding carboxylic acids is 1. The molecule has 0 aliphatic carbocycles. The molecule has 0 aromatic heterocycles. The van der Waals surface area contributed by atoms with Gasteiger partial charge in [0.1, 0.15) is 0 Å². The molecule has 1 fully saturated rings. The number of amides is 2. The minimum absolute atomic E-state index is 0.0912. The normalized spacial score (nSPS) is 17.8. The number of likely N-dealkylation sites (tertiary alicyclic amines) is 1. The van der Waals surface area contributed by atoms with E-state index in [1.165, 1.54) is 0 Å². The number of hydrogen-bond donors (Lipinski definition) is 2. The minimum Gasteiger partial charge on any atom is -0.396 e. The maximum Gasteiger partial charge on any atom is 0.321 e. The predicted octanol–water partition coefficient (Wildman–Crippen LogP) is 3.59. The van der Waals surface area contributed by atoms with Crippen molar-refractivity contribution in [2.45, 2.75) is 12.8 Å². The summed E-state index contributed by atoms with van der Waals surface area (Å²) in [5, 5.41) is 12.3. The lowest BCUT2D eigenvalue weighted by Crippen LogP contribution is -2.43. The molecular formula is C19H22N2O2. The van der Waals surface area contributed by atoms with Gasteiger partial charge in [0.2, 0.25) is 0 Å². The van der Waals surface area contributed by atoms with E-state index in [9.17, 15) is 9.90 Å². The van der Waals surface area contributed by atoms with Gasteiger partial charge >= 0.3 is 6.03 Å². The highest BCUT2D eigenvalue weighted by Gasteiger charge is 2.23. The first-order chi connectivity index (χ1) is 11.3. The molecule has 0 spiro atoms. The first-order valence-electron chi connectivity index (χ1n) is 8.09. The molecular weight excluding hydrogens is 288 g/mol. The van der Waals surface area contributed by atoms with Gasteiger partial charge in [-0.15, -0.1) is 0 Å². The molecule has 1 heterocycles. The molecule has 1 saturated heterocycles. The fourth-order valence-electron chi connectivity index (χ4n) is 3.05. The van der Waals surface area contributed by atoms with Gasteiger partial charge < -0.3 is 15.3 Å². The molecule has 4 heteroatoms. The maximum atomic E-state index is 12.5. The summed E-state index contributed by atoms with van der Waals surface area (Å²) in [6.07, 6.45) is 1.93. The topological polar surface area (TPSA) is 52.6 Å². The zero-order valence-corrected chi connectivity index (χ0v) is 13.1. The molecule has 23 heavy (non-hydrogen) atoms. The number of rotatable bonds is 3. The fourth-order valence-corrected chi connectivity index (χ4v) is 3.05. The molecule has 1 aliphatic rings. The first-order valence-corrected chi connectivity index (χ1v) is 8.09. The molecule has 1 aliphatic heterocycles. The molecule has 0 radical (unpaired) electrons. The quantitative estimate of drug-likeness (QED) is 0.910. The minimum atomic E-state index is -0.0912. The van der Waals surface area contributed by atoms with Crippen LogP contribution in [0, 0.1) is 5.92 Å². The highest BCUT2D eigenvalue weighted by Crippen LogP contribution is 2.28. The Morgan fingerprint density at radius 3 is 2.65 bits per heavy atom. The monoisotopic (exact) mass is 310 g/mol. The summed E-state index contributed by atoms with van der Waals surface area (Å²) in [4.78, 5) is 14.3. The van der Waals surface area contributed by atoms with E-state index in [1.54, 1.807) is 4.90 Å². The second kappa shape index (κ2) is 7.29. The van der Waals surface area contributed by atoms with E-state index < -0.39 is 0 Å². The smallest absolute Gasteiger partial charge is 0.321 e. The summed E-state index contributed by atoms with van der Waals surface area (Å²) in [7, 11) is 0. The summed E-state index contributed by atoms with van der Waals surface area (Å²) in [5.74, 6) is 0.193. The Labute approximate surface area is 136 Å². The molecule has 4 nitrogen and oxygen atoms in total. The van der Waals surface area contributed by atoms with Crippen molar-refractivity contribution < 1.29 is 9.90 Å². The third kappa shape index (κ3) is 3.71. The van der Waals surface area contributed by atoms with Gasteiger partial charge in [-0.1, -0.05) is 48.5 Å². The SMILES string of the molecule is O=C(Nc1ccccc1-c1ccccc1)N1CCCC(CO)C1. The predicted molar refractivity (Wildman–Crippen MR) is 92.3 cm³/mol. The van der Waals surface area contributed by atoms with Gasteiger partial charge in [0.05, 0.1) is 5.69 Å². The molecule has 0 bridgehead atoms. The Hall–Kier alpha value is -2.33. The van der Waals surface area contributed by atoms with E-state index >= 15 is 0 Å². The first kappa shape index (κ1) is 15.6. The van der Waals surface area contributed by atoms with Crippen LogP contribution in [0.25, 0.3) is 11.1 Å². The van der Waals surface area contributed by atoms with E-state index in [0.717, 1.165) is 36.2 Å².